The van der Waals surface area contributed by atoms with E-state index >= 15 is 0 Å². The summed E-state index contributed by atoms with van der Waals surface area (Å²) in [4.78, 5) is 36.4. The summed E-state index contributed by atoms with van der Waals surface area (Å²) < 4.78 is 0. The van der Waals surface area contributed by atoms with Crippen molar-refractivity contribution in [1.29, 1.82) is 0 Å². The number of likely N-dealkylation sites (tertiary alicyclic amines) is 1. The summed E-state index contributed by atoms with van der Waals surface area (Å²) in [5.41, 5.74) is 0.0441. The summed E-state index contributed by atoms with van der Waals surface area (Å²) in [7, 11) is 0. The van der Waals surface area contributed by atoms with Crippen LogP contribution in [-0.4, -0.2) is 46.0 Å². The van der Waals surface area contributed by atoms with Crippen molar-refractivity contribution in [2.24, 2.45) is 5.41 Å². The molecule has 6 nitrogen and oxygen atoms in total. The number of carbonyl (C=O) groups is 3. The highest BCUT2D eigenvalue weighted by Gasteiger charge is 2.58. The van der Waals surface area contributed by atoms with Crippen LogP contribution < -0.4 is 0 Å². The first-order valence-electron chi connectivity index (χ1n) is 7.80. The minimum atomic E-state index is -1.19. The molecule has 2 aliphatic rings. The van der Waals surface area contributed by atoms with Crippen molar-refractivity contribution in [3.63, 3.8) is 0 Å². The van der Waals surface area contributed by atoms with Crippen LogP contribution in [0.3, 0.4) is 0 Å². The van der Waals surface area contributed by atoms with Crippen LogP contribution in [0.1, 0.15) is 47.5 Å². The number of rotatable bonds is 4. The van der Waals surface area contributed by atoms with Gasteiger partial charge in [0.05, 0.1) is 5.56 Å². The number of carbonyl (C=O) groups excluding carboxylic acids is 1. The molecule has 1 aromatic rings. The second-order valence-corrected chi connectivity index (χ2v) is 6.40. The van der Waals surface area contributed by atoms with Gasteiger partial charge in [-0.3, -0.25) is 9.59 Å². The van der Waals surface area contributed by atoms with Crippen molar-refractivity contribution in [3.05, 3.63) is 35.4 Å². The highest BCUT2D eigenvalue weighted by molar-refractivity contribution is 6.04. The van der Waals surface area contributed by atoms with Gasteiger partial charge in [-0.1, -0.05) is 12.1 Å². The predicted molar refractivity (Wildman–Crippen MR) is 81.3 cm³/mol. The molecule has 1 aliphatic carbocycles. The van der Waals surface area contributed by atoms with Crippen LogP contribution >= 0.6 is 0 Å². The maximum Gasteiger partial charge on any atom is 0.335 e. The number of piperidine rings is 1. The van der Waals surface area contributed by atoms with Crippen LogP contribution in [0.4, 0.5) is 0 Å². The summed E-state index contributed by atoms with van der Waals surface area (Å²) in [5, 5.41) is 18.2. The van der Waals surface area contributed by atoms with Gasteiger partial charge in [-0.25, -0.2) is 4.79 Å². The second-order valence-electron chi connectivity index (χ2n) is 6.40. The lowest BCUT2D eigenvalue weighted by molar-refractivity contribution is -0.154. The van der Waals surface area contributed by atoms with E-state index in [-0.39, 0.29) is 17.4 Å². The third kappa shape index (κ3) is 2.81. The van der Waals surface area contributed by atoms with Gasteiger partial charge in [0.1, 0.15) is 5.41 Å². The first-order chi connectivity index (χ1) is 10.9. The van der Waals surface area contributed by atoms with Gasteiger partial charge in [0.2, 0.25) is 5.91 Å². The number of hydrogen-bond donors (Lipinski definition) is 2. The molecule has 0 bridgehead atoms. The molecular formula is C17H19NO5. The van der Waals surface area contributed by atoms with Gasteiger partial charge in [0, 0.05) is 19.0 Å². The minimum Gasteiger partial charge on any atom is -0.480 e. The van der Waals surface area contributed by atoms with Crippen molar-refractivity contribution in [1.82, 2.24) is 4.90 Å². The van der Waals surface area contributed by atoms with E-state index in [1.165, 1.54) is 0 Å². The zero-order chi connectivity index (χ0) is 16.6. The number of aromatic carboxylic acids is 1. The van der Waals surface area contributed by atoms with E-state index in [4.69, 9.17) is 5.11 Å². The Kier molecular flexibility index (Phi) is 3.83. The number of nitrogens with zero attached hydrogens (tertiary/aromatic N) is 1. The zero-order valence-electron chi connectivity index (χ0n) is 12.7. The van der Waals surface area contributed by atoms with Gasteiger partial charge in [-0.15, -0.1) is 0 Å². The molecule has 1 unspecified atom stereocenters. The SMILES string of the molecule is O=C(O)c1ccc(C2CCCN(C(=O)C3(C(=O)O)CC3)C2)cc1. The molecule has 0 aromatic heterocycles. The molecule has 0 spiro atoms. The first kappa shape index (κ1) is 15.5. The molecule has 1 saturated heterocycles. The number of carboxylic acids is 2. The molecule has 2 fully saturated rings. The molecule has 122 valence electrons. The monoisotopic (exact) mass is 317 g/mol. The van der Waals surface area contributed by atoms with Crippen molar-refractivity contribution in [3.8, 4) is 0 Å². The van der Waals surface area contributed by atoms with Crippen LogP contribution in [0.5, 0.6) is 0 Å². The Morgan fingerprint density at radius 1 is 1.09 bits per heavy atom. The standard InChI is InChI=1S/C17H19NO5/c19-14(20)12-5-3-11(4-6-12)13-2-1-9-18(10-13)15(21)17(7-8-17)16(22)23/h3-6,13H,1-2,7-10H2,(H,19,20)(H,22,23). The third-order valence-corrected chi connectivity index (χ3v) is 4.91. The number of hydrogen-bond acceptors (Lipinski definition) is 3. The fourth-order valence-electron chi connectivity index (χ4n) is 3.28. The van der Waals surface area contributed by atoms with Crippen molar-refractivity contribution >= 4 is 17.8 Å². The smallest absolute Gasteiger partial charge is 0.335 e. The topological polar surface area (TPSA) is 94.9 Å². The van der Waals surface area contributed by atoms with E-state index in [0.717, 1.165) is 18.4 Å². The fraction of sp³-hybridized carbons (Fsp3) is 0.471. The molecule has 1 aliphatic heterocycles. The van der Waals surface area contributed by atoms with E-state index in [2.05, 4.69) is 0 Å². The average molecular weight is 317 g/mol. The van der Waals surface area contributed by atoms with Crippen LogP contribution in [0.2, 0.25) is 0 Å². The molecule has 1 saturated carbocycles. The Bertz CT molecular complexity index is 647. The van der Waals surface area contributed by atoms with E-state index in [1.807, 2.05) is 0 Å². The Morgan fingerprint density at radius 3 is 2.26 bits per heavy atom. The summed E-state index contributed by atoms with van der Waals surface area (Å²) in [6.07, 6.45) is 2.59. The molecular weight excluding hydrogens is 298 g/mol. The lowest BCUT2D eigenvalue weighted by Crippen LogP contribution is -2.45. The fourth-order valence-corrected chi connectivity index (χ4v) is 3.28. The van der Waals surface area contributed by atoms with Gasteiger partial charge in [0.25, 0.3) is 0 Å². The average Bonchev–Trinajstić information content (AvgIpc) is 3.36. The molecule has 1 aromatic carbocycles. The van der Waals surface area contributed by atoms with E-state index < -0.39 is 17.4 Å². The highest BCUT2D eigenvalue weighted by atomic mass is 16.4. The summed E-state index contributed by atoms with van der Waals surface area (Å²) in [6.45, 7) is 1.10. The van der Waals surface area contributed by atoms with E-state index in [9.17, 15) is 19.5 Å². The van der Waals surface area contributed by atoms with Crippen molar-refractivity contribution in [2.45, 2.75) is 31.6 Å². The van der Waals surface area contributed by atoms with Gasteiger partial charge < -0.3 is 15.1 Å². The van der Waals surface area contributed by atoms with Gasteiger partial charge in [-0.05, 0) is 43.4 Å². The van der Waals surface area contributed by atoms with Crippen molar-refractivity contribution in [2.75, 3.05) is 13.1 Å². The molecule has 0 radical (unpaired) electrons. The van der Waals surface area contributed by atoms with Crippen molar-refractivity contribution < 1.29 is 24.6 Å². The van der Waals surface area contributed by atoms with Gasteiger partial charge in [-0.2, -0.15) is 0 Å². The number of aliphatic carboxylic acids is 1. The minimum absolute atomic E-state index is 0.125. The second kappa shape index (κ2) is 5.68. The quantitative estimate of drug-likeness (QED) is 0.828. The molecule has 1 amide bonds. The highest BCUT2D eigenvalue weighted by Crippen LogP contribution is 2.48. The first-order valence-corrected chi connectivity index (χ1v) is 7.80. The van der Waals surface area contributed by atoms with Crippen LogP contribution in [0.25, 0.3) is 0 Å². The normalized spacial score (nSPS) is 22.4. The number of carboxylic acid groups (broad SMARTS) is 2. The molecule has 23 heavy (non-hydrogen) atoms. The Balaban J connectivity index is 1.72. The Hall–Kier alpha value is -2.37. The molecule has 1 atom stereocenters. The number of benzene rings is 1. The Morgan fingerprint density at radius 2 is 1.74 bits per heavy atom. The molecule has 2 N–H and O–H groups in total. The summed E-state index contributed by atoms with van der Waals surface area (Å²) >= 11 is 0. The van der Waals surface area contributed by atoms with Crippen LogP contribution in [0, 0.1) is 5.41 Å². The lowest BCUT2D eigenvalue weighted by Gasteiger charge is -2.34. The molecule has 1 heterocycles. The summed E-state index contributed by atoms with van der Waals surface area (Å²) in [5.74, 6) is -2.12. The zero-order valence-corrected chi connectivity index (χ0v) is 12.7. The maximum absolute atomic E-state index is 12.5. The van der Waals surface area contributed by atoms with E-state index in [1.54, 1.807) is 29.2 Å². The maximum atomic E-state index is 12.5. The third-order valence-electron chi connectivity index (χ3n) is 4.91. The van der Waals surface area contributed by atoms with Gasteiger partial charge in [0.15, 0.2) is 0 Å². The Labute approximate surface area is 133 Å². The summed E-state index contributed by atoms with van der Waals surface area (Å²) in [6, 6.07) is 6.70. The van der Waals surface area contributed by atoms with Crippen LogP contribution in [-0.2, 0) is 9.59 Å². The lowest BCUT2D eigenvalue weighted by atomic mass is 9.89. The predicted octanol–water partition coefficient (Wildman–Crippen LogP) is 1.96. The van der Waals surface area contributed by atoms with Gasteiger partial charge >= 0.3 is 11.9 Å². The molecule has 3 rings (SSSR count). The van der Waals surface area contributed by atoms with E-state index in [0.29, 0.717) is 25.9 Å². The largest absolute Gasteiger partial charge is 0.480 e. The van der Waals surface area contributed by atoms with Crippen LogP contribution in [0.15, 0.2) is 24.3 Å². The molecule has 6 heteroatoms. The number of amides is 1.